The third-order valence-electron chi connectivity index (χ3n) is 5.77. The first kappa shape index (κ1) is 16.0. The van der Waals surface area contributed by atoms with Crippen LogP contribution in [0, 0.1) is 0 Å². The summed E-state index contributed by atoms with van der Waals surface area (Å²) in [5.74, 6) is 0.583. The summed E-state index contributed by atoms with van der Waals surface area (Å²) in [4.78, 5) is 15.3. The van der Waals surface area contributed by atoms with E-state index in [1.54, 1.807) is 6.07 Å². The van der Waals surface area contributed by atoms with E-state index < -0.39 is 0 Å². The average Bonchev–Trinajstić information content (AvgIpc) is 2.66. The van der Waals surface area contributed by atoms with Gasteiger partial charge in [0.25, 0.3) is 5.91 Å². The van der Waals surface area contributed by atoms with E-state index in [0.29, 0.717) is 23.2 Å². The smallest absolute Gasteiger partial charge is 0.254 e. The predicted octanol–water partition coefficient (Wildman–Crippen LogP) is 3.65. The number of carbonyl (C=O) groups excluding carboxylic acids is 1. The number of carbonyl (C=O) groups is 1. The maximum absolute atomic E-state index is 13.2. The van der Waals surface area contributed by atoms with Gasteiger partial charge in [0.1, 0.15) is 0 Å². The number of fused-ring (bicyclic) bond motifs is 3. The number of nitrogens with zero attached hydrogens (tertiary/aromatic N) is 1. The van der Waals surface area contributed by atoms with Crippen LogP contribution in [0.25, 0.3) is 0 Å². The lowest BCUT2D eigenvalue weighted by molar-refractivity contribution is 0.0547. The molecule has 1 amide bonds. The van der Waals surface area contributed by atoms with E-state index in [2.05, 4.69) is 34.5 Å². The topological polar surface area (TPSA) is 58.4 Å². The fraction of sp³-hybridized carbons (Fsp3) is 0.381. The number of nitrogens with one attached hydrogen (secondary N) is 1. The van der Waals surface area contributed by atoms with Crippen molar-refractivity contribution < 1.29 is 4.79 Å². The van der Waals surface area contributed by atoms with Crippen LogP contribution in [-0.2, 0) is 6.42 Å². The summed E-state index contributed by atoms with van der Waals surface area (Å²) in [5.41, 5.74) is 11.1. The highest BCUT2D eigenvalue weighted by atomic mass is 16.2. The number of nitrogens with two attached hydrogens (primary N) is 1. The molecule has 3 N–H and O–H groups in total. The first-order valence-electron chi connectivity index (χ1n) is 9.15. The largest absolute Gasteiger partial charge is 0.397 e. The van der Waals surface area contributed by atoms with Crippen molar-refractivity contribution in [2.24, 2.45) is 0 Å². The summed E-state index contributed by atoms with van der Waals surface area (Å²) in [5, 5.41) is 3.05. The Hall–Kier alpha value is -2.49. The zero-order chi connectivity index (χ0) is 17.4. The number of hydrogen-bond donors (Lipinski definition) is 2. The molecule has 25 heavy (non-hydrogen) atoms. The van der Waals surface area contributed by atoms with Crippen LogP contribution in [0.1, 0.15) is 46.7 Å². The number of nitrogen functional groups attached to an aromatic ring is 1. The molecule has 0 aromatic heterocycles. The monoisotopic (exact) mass is 335 g/mol. The van der Waals surface area contributed by atoms with Crippen LogP contribution >= 0.6 is 0 Å². The van der Waals surface area contributed by atoms with Crippen molar-refractivity contribution in [2.75, 3.05) is 24.6 Å². The summed E-state index contributed by atoms with van der Waals surface area (Å²) >= 11 is 0. The van der Waals surface area contributed by atoms with Crippen LogP contribution in [-0.4, -0.2) is 30.4 Å². The van der Waals surface area contributed by atoms with Crippen molar-refractivity contribution in [2.45, 2.75) is 37.6 Å². The number of benzene rings is 2. The van der Waals surface area contributed by atoms with Gasteiger partial charge in [-0.05, 0) is 55.0 Å². The number of likely N-dealkylation sites (tertiary alicyclic amines) is 1. The highest BCUT2D eigenvalue weighted by molar-refractivity contribution is 5.96. The number of rotatable bonds is 2. The van der Waals surface area contributed by atoms with E-state index in [-0.39, 0.29) is 5.91 Å². The first-order valence-corrected chi connectivity index (χ1v) is 9.15. The standard InChI is InChI=1S/C21H25N3O/c1-23-19-10-8-15(13-18(19)22)21(25)24-12-4-7-17-16-6-3-2-5-14(16)9-11-20(17)24/h2-3,5-6,8,10,13,17,20,23H,4,7,9,11-12,22H2,1H3/t17-,20+/m1/s1. The quantitative estimate of drug-likeness (QED) is 0.824. The van der Waals surface area contributed by atoms with Crippen molar-refractivity contribution >= 4 is 17.3 Å². The Morgan fingerprint density at radius 2 is 2.04 bits per heavy atom. The minimum Gasteiger partial charge on any atom is -0.397 e. The summed E-state index contributed by atoms with van der Waals surface area (Å²) in [7, 11) is 1.84. The molecule has 2 aromatic rings. The Balaban J connectivity index is 1.63. The van der Waals surface area contributed by atoms with Crippen molar-refractivity contribution in [3.8, 4) is 0 Å². The molecule has 2 aromatic carbocycles. The zero-order valence-corrected chi connectivity index (χ0v) is 14.7. The second-order valence-corrected chi connectivity index (χ2v) is 7.10. The number of anilines is 2. The van der Waals surface area contributed by atoms with Crippen LogP contribution in [0.3, 0.4) is 0 Å². The van der Waals surface area contributed by atoms with Crippen LogP contribution in [0.4, 0.5) is 11.4 Å². The SMILES string of the molecule is CNc1ccc(C(=O)N2CCC[C@@H]3c4ccccc4CC[C@@H]32)cc1N. The highest BCUT2D eigenvalue weighted by Crippen LogP contribution is 2.41. The van der Waals surface area contributed by atoms with E-state index in [1.165, 1.54) is 17.5 Å². The van der Waals surface area contributed by atoms with Crippen molar-refractivity contribution in [3.05, 3.63) is 59.2 Å². The van der Waals surface area contributed by atoms with Gasteiger partial charge in [-0.25, -0.2) is 0 Å². The molecular weight excluding hydrogens is 310 g/mol. The Morgan fingerprint density at radius 3 is 2.84 bits per heavy atom. The minimum atomic E-state index is 0.114. The van der Waals surface area contributed by atoms with Gasteiger partial charge in [-0.3, -0.25) is 4.79 Å². The Kier molecular flexibility index (Phi) is 4.12. The molecule has 0 unspecified atom stereocenters. The second-order valence-electron chi connectivity index (χ2n) is 7.10. The lowest BCUT2D eigenvalue weighted by atomic mass is 9.74. The Bertz CT molecular complexity index is 801. The molecular formula is C21H25N3O. The molecule has 0 saturated carbocycles. The summed E-state index contributed by atoms with van der Waals surface area (Å²) in [6.45, 7) is 0.843. The molecule has 2 atom stereocenters. The third kappa shape index (κ3) is 2.76. The maximum atomic E-state index is 13.2. The van der Waals surface area contributed by atoms with Gasteiger partial charge in [0, 0.05) is 31.1 Å². The lowest BCUT2D eigenvalue weighted by Gasteiger charge is -2.45. The highest BCUT2D eigenvalue weighted by Gasteiger charge is 2.38. The second kappa shape index (κ2) is 6.43. The van der Waals surface area contributed by atoms with Gasteiger partial charge in [-0.2, -0.15) is 0 Å². The molecule has 130 valence electrons. The Labute approximate surface area is 149 Å². The van der Waals surface area contributed by atoms with Crippen molar-refractivity contribution in [3.63, 3.8) is 0 Å². The van der Waals surface area contributed by atoms with E-state index >= 15 is 0 Å². The van der Waals surface area contributed by atoms with Gasteiger partial charge in [-0.1, -0.05) is 24.3 Å². The van der Waals surface area contributed by atoms with Crippen LogP contribution in [0.15, 0.2) is 42.5 Å². The number of hydrogen-bond acceptors (Lipinski definition) is 3. The zero-order valence-electron chi connectivity index (χ0n) is 14.7. The fourth-order valence-corrected chi connectivity index (χ4v) is 4.55. The molecule has 1 fully saturated rings. The first-order chi connectivity index (χ1) is 12.2. The van der Waals surface area contributed by atoms with E-state index in [1.807, 2.05) is 19.2 Å². The molecule has 0 radical (unpaired) electrons. The van der Waals surface area contributed by atoms with Crippen molar-refractivity contribution in [1.29, 1.82) is 0 Å². The van der Waals surface area contributed by atoms with E-state index in [9.17, 15) is 4.79 Å². The molecule has 4 heteroatoms. The lowest BCUT2D eigenvalue weighted by Crippen LogP contribution is -2.49. The number of piperidine rings is 1. The van der Waals surface area contributed by atoms with Crippen LogP contribution < -0.4 is 11.1 Å². The van der Waals surface area contributed by atoms with Gasteiger partial charge < -0.3 is 16.0 Å². The van der Waals surface area contributed by atoms with Gasteiger partial charge in [-0.15, -0.1) is 0 Å². The minimum absolute atomic E-state index is 0.114. The average molecular weight is 335 g/mol. The summed E-state index contributed by atoms with van der Waals surface area (Å²) < 4.78 is 0. The normalized spacial score (nSPS) is 22.0. The third-order valence-corrected chi connectivity index (χ3v) is 5.77. The van der Waals surface area contributed by atoms with Crippen LogP contribution in [0.2, 0.25) is 0 Å². The molecule has 2 aliphatic rings. The molecule has 1 aliphatic carbocycles. The maximum Gasteiger partial charge on any atom is 0.254 e. The molecule has 1 heterocycles. The van der Waals surface area contributed by atoms with E-state index in [4.69, 9.17) is 5.73 Å². The van der Waals surface area contributed by atoms with Crippen molar-refractivity contribution in [1.82, 2.24) is 4.90 Å². The molecule has 1 aliphatic heterocycles. The van der Waals surface area contributed by atoms with Gasteiger partial charge in [0.2, 0.25) is 0 Å². The number of amides is 1. The molecule has 4 nitrogen and oxygen atoms in total. The van der Waals surface area contributed by atoms with E-state index in [0.717, 1.165) is 31.5 Å². The Morgan fingerprint density at radius 1 is 1.20 bits per heavy atom. The van der Waals surface area contributed by atoms with Crippen LogP contribution in [0.5, 0.6) is 0 Å². The summed E-state index contributed by atoms with van der Waals surface area (Å²) in [6, 6.07) is 14.6. The van der Waals surface area contributed by atoms with Gasteiger partial charge >= 0.3 is 0 Å². The molecule has 1 saturated heterocycles. The fourth-order valence-electron chi connectivity index (χ4n) is 4.55. The van der Waals surface area contributed by atoms with Gasteiger partial charge in [0.05, 0.1) is 11.4 Å². The molecule has 0 bridgehead atoms. The van der Waals surface area contributed by atoms with Gasteiger partial charge in [0.15, 0.2) is 0 Å². The predicted molar refractivity (Wildman–Crippen MR) is 102 cm³/mol. The molecule has 0 spiro atoms. The molecule has 4 rings (SSSR count). The summed E-state index contributed by atoms with van der Waals surface area (Å²) in [6.07, 6.45) is 4.34. The number of aryl methyl sites for hydroxylation is 1.